The van der Waals surface area contributed by atoms with Crippen LogP contribution in [0.5, 0.6) is 17.2 Å². The van der Waals surface area contributed by atoms with E-state index in [0.29, 0.717) is 52.4 Å². The zero-order valence-corrected chi connectivity index (χ0v) is 20.2. The number of carbonyl (C=O) groups is 2. The van der Waals surface area contributed by atoms with Gasteiger partial charge in [0.15, 0.2) is 23.8 Å². The maximum absolute atomic E-state index is 13.5. The SMILES string of the molecule is COC(=O)C[N+]1(C)CCc2c(c(OC)c3c(c2C(=O)C=Cc2cccc(F)c2)OCO3)C1.[Br-]. The molecule has 0 aromatic heterocycles. The monoisotopic (exact) mass is 521 g/mol. The second kappa shape index (κ2) is 9.93. The number of rotatable bonds is 6. The number of methoxy groups -OCH3 is 2. The third-order valence-electron chi connectivity index (χ3n) is 5.89. The summed E-state index contributed by atoms with van der Waals surface area (Å²) < 4.78 is 35.7. The average Bonchev–Trinajstić information content (AvgIpc) is 3.24. The van der Waals surface area contributed by atoms with Crippen LogP contribution in [0.25, 0.3) is 6.08 Å². The van der Waals surface area contributed by atoms with Crippen LogP contribution in [-0.4, -0.2) is 57.4 Å². The van der Waals surface area contributed by atoms with E-state index < -0.39 is 0 Å². The highest BCUT2D eigenvalue weighted by molar-refractivity contribution is 6.11. The van der Waals surface area contributed by atoms with Gasteiger partial charge in [-0.2, -0.15) is 0 Å². The van der Waals surface area contributed by atoms with E-state index in [4.69, 9.17) is 18.9 Å². The van der Waals surface area contributed by atoms with Crippen LogP contribution in [0.3, 0.4) is 0 Å². The number of ether oxygens (including phenoxy) is 4. The first-order valence-electron chi connectivity index (χ1n) is 10.2. The Hall–Kier alpha value is -2.91. The minimum Gasteiger partial charge on any atom is -1.00 e. The van der Waals surface area contributed by atoms with E-state index in [0.717, 1.165) is 11.1 Å². The fraction of sp³-hybridized carbons (Fsp3) is 0.333. The number of ketones is 1. The van der Waals surface area contributed by atoms with Crippen LogP contribution in [-0.2, 0) is 22.5 Å². The largest absolute Gasteiger partial charge is 1.00 e. The van der Waals surface area contributed by atoms with Gasteiger partial charge in [0.2, 0.25) is 12.5 Å². The maximum atomic E-state index is 13.5. The van der Waals surface area contributed by atoms with Gasteiger partial charge in [0.25, 0.3) is 0 Å². The smallest absolute Gasteiger partial charge is 0.361 e. The van der Waals surface area contributed by atoms with Gasteiger partial charge in [0.05, 0.1) is 38.9 Å². The summed E-state index contributed by atoms with van der Waals surface area (Å²) in [7, 11) is 4.88. The maximum Gasteiger partial charge on any atom is 0.361 e. The first-order valence-corrected chi connectivity index (χ1v) is 10.2. The van der Waals surface area contributed by atoms with Gasteiger partial charge in [-0.25, -0.2) is 9.18 Å². The molecule has 2 aliphatic heterocycles. The topological polar surface area (TPSA) is 71.1 Å². The standard InChI is InChI=1S/C24H25FNO6.BrH/c1-26(13-20(28)29-2)10-9-17-18(12-26)22(30-3)24-23(31-14-32-24)21(17)19(27)8-7-15-5-4-6-16(25)11-15;/h4-8,11H,9-10,12-14H2,1-3H3;1H/q+1;/p-1. The summed E-state index contributed by atoms with van der Waals surface area (Å²) in [5.74, 6) is 0.330. The van der Waals surface area contributed by atoms with Crippen molar-refractivity contribution in [2.24, 2.45) is 0 Å². The van der Waals surface area contributed by atoms with Crippen molar-refractivity contribution in [1.82, 2.24) is 0 Å². The molecule has 1 unspecified atom stereocenters. The summed E-state index contributed by atoms with van der Waals surface area (Å²) >= 11 is 0. The normalized spacial score (nSPS) is 18.4. The molecule has 0 radical (unpaired) electrons. The average molecular weight is 522 g/mol. The molecular formula is C24H25BrFNO6. The molecule has 2 aromatic rings. The summed E-state index contributed by atoms with van der Waals surface area (Å²) in [6, 6.07) is 6.01. The van der Waals surface area contributed by atoms with Crippen molar-refractivity contribution in [3.8, 4) is 17.2 Å². The molecule has 0 fully saturated rings. The van der Waals surface area contributed by atoms with Gasteiger partial charge < -0.3 is 40.4 Å². The molecule has 176 valence electrons. The van der Waals surface area contributed by atoms with Crippen molar-refractivity contribution >= 4 is 17.8 Å². The molecule has 33 heavy (non-hydrogen) atoms. The molecule has 0 N–H and O–H groups in total. The van der Waals surface area contributed by atoms with Crippen LogP contribution in [0.15, 0.2) is 30.3 Å². The highest BCUT2D eigenvalue weighted by Gasteiger charge is 2.40. The van der Waals surface area contributed by atoms with Crippen molar-refractivity contribution < 1.29 is 54.4 Å². The lowest BCUT2D eigenvalue weighted by Crippen LogP contribution is -3.00. The highest BCUT2D eigenvalue weighted by Crippen LogP contribution is 2.50. The molecular weight excluding hydrogens is 497 g/mol. The Morgan fingerprint density at radius 2 is 1.94 bits per heavy atom. The minimum atomic E-state index is -0.373. The Bertz CT molecular complexity index is 1120. The molecule has 0 aliphatic carbocycles. The molecule has 0 spiro atoms. The molecule has 1 atom stereocenters. The summed E-state index contributed by atoms with van der Waals surface area (Å²) in [5, 5.41) is 0. The summed E-state index contributed by atoms with van der Waals surface area (Å²) in [6.45, 7) is 1.30. The number of hydrogen-bond acceptors (Lipinski definition) is 6. The van der Waals surface area contributed by atoms with Gasteiger partial charge >= 0.3 is 5.97 Å². The summed E-state index contributed by atoms with van der Waals surface area (Å²) in [4.78, 5) is 25.2. The van der Waals surface area contributed by atoms with Gasteiger partial charge in [0, 0.05) is 6.42 Å². The molecule has 0 saturated carbocycles. The number of allylic oxidation sites excluding steroid dienone is 1. The highest BCUT2D eigenvalue weighted by atomic mass is 79.9. The van der Waals surface area contributed by atoms with Gasteiger partial charge in [-0.1, -0.05) is 18.2 Å². The lowest BCUT2D eigenvalue weighted by Gasteiger charge is -2.38. The zero-order chi connectivity index (χ0) is 22.9. The number of benzene rings is 2. The fourth-order valence-corrected chi connectivity index (χ4v) is 4.33. The number of carbonyl (C=O) groups excluding carboxylic acids is 2. The Kier molecular flexibility index (Phi) is 7.44. The molecule has 2 aromatic carbocycles. The van der Waals surface area contributed by atoms with E-state index in [1.54, 1.807) is 25.3 Å². The van der Waals surface area contributed by atoms with E-state index in [-0.39, 0.29) is 47.9 Å². The number of halogens is 2. The van der Waals surface area contributed by atoms with Gasteiger partial charge in [0.1, 0.15) is 12.4 Å². The second-order valence-corrected chi connectivity index (χ2v) is 8.17. The van der Waals surface area contributed by atoms with Crippen molar-refractivity contribution in [1.29, 1.82) is 0 Å². The van der Waals surface area contributed by atoms with E-state index in [1.807, 2.05) is 7.05 Å². The summed E-state index contributed by atoms with van der Waals surface area (Å²) in [6.07, 6.45) is 3.53. The Labute approximate surface area is 202 Å². The van der Waals surface area contributed by atoms with Crippen molar-refractivity contribution in [3.05, 3.63) is 58.4 Å². The predicted molar refractivity (Wildman–Crippen MR) is 114 cm³/mol. The van der Waals surface area contributed by atoms with Crippen LogP contribution in [0.1, 0.15) is 27.0 Å². The van der Waals surface area contributed by atoms with Crippen molar-refractivity contribution in [2.75, 3.05) is 41.1 Å². The first-order chi connectivity index (χ1) is 15.3. The van der Waals surface area contributed by atoms with Crippen molar-refractivity contribution in [2.45, 2.75) is 13.0 Å². The summed E-state index contributed by atoms with van der Waals surface area (Å²) in [5.41, 5.74) is 2.64. The van der Waals surface area contributed by atoms with Crippen molar-refractivity contribution in [3.63, 3.8) is 0 Å². The zero-order valence-electron chi connectivity index (χ0n) is 18.7. The molecule has 9 heteroatoms. The third kappa shape index (κ3) is 4.89. The second-order valence-electron chi connectivity index (χ2n) is 8.17. The minimum absolute atomic E-state index is 0. The van der Waals surface area contributed by atoms with Crippen LogP contribution in [0.2, 0.25) is 0 Å². The van der Waals surface area contributed by atoms with Gasteiger partial charge in [-0.15, -0.1) is 0 Å². The lowest BCUT2D eigenvalue weighted by atomic mass is 9.89. The molecule has 2 aliphatic rings. The quantitative estimate of drug-likeness (QED) is 0.233. The van der Waals surface area contributed by atoms with Crippen LogP contribution in [0, 0.1) is 5.82 Å². The van der Waals surface area contributed by atoms with Crippen LogP contribution >= 0.6 is 0 Å². The fourth-order valence-electron chi connectivity index (χ4n) is 4.33. The molecule has 2 heterocycles. The molecule has 7 nitrogen and oxygen atoms in total. The van der Waals surface area contributed by atoms with E-state index in [2.05, 4.69) is 0 Å². The predicted octanol–water partition coefficient (Wildman–Crippen LogP) is 0.139. The van der Waals surface area contributed by atoms with Crippen LogP contribution < -0.4 is 31.2 Å². The number of quaternary nitrogens is 1. The van der Waals surface area contributed by atoms with Crippen LogP contribution in [0.4, 0.5) is 4.39 Å². The molecule has 0 saturated heterocycles. The number of hydrogen-bond donors (Lipinski definition) is 0. The van der Waals surface area contributed by atoms with Gasteiger partial charge in [-0.3, -0.25) is 4.79 Å². The van der Waals surface area contributed by atoms with E-state index in [9.17, 15) is 14.0 Å². The Morgan fingerprint density at radius 1 is 1.18 bits per heavy atom. The lowest BCUT2D eigenvalue weighted by molar-refractivity contribution is -0.917. The number of fused-ring (bicyclic) bond motifs is 2. The van der Waals surface area contributed by atoms with E-state index >= 15 is 0 Å². The Balaban J connectivity index is 0.00000306. The number of esters is 1. The number of nitrogens with zero attached hydrogens (tertiary/aromatic N) is 1. The van der Waals surface area contributed by atoms with E-state index in [1.165, 1.54) is 25.3 Å². The van der Waals surface area contributed by atoms with Gasteiger partial charge in [-0.05, 0) is 29.3 Å². The Morgan fingerprint density at radius 3 is 2.64 bits per heavy atom. The first kappa shape index (κ1) is 24.7. The third-order valence-corrected chi connectivity index (χ3v) is 5.89. The number of likely N-dealkylation sites (N-methyl/N-ethyl adjacent to an activating group) is 1. The molecule has 0 amide bonds. The molecule has 0 bridgehead atoms. The molecule has 4 rings (SSSR count).